The number of methoxy groups -OCH3 is 1. The van der Waals surface area contributed by atoms with Crippen molar-refractivity contribution in [3.8, 4) is 11.4 Å². The van der Waals surface area contributed by atoms with Crippen LogP contribution in [0.2, 0.25) is 0 Å². The minimum Gasteiger partial charge on any atom is -0.497 e. The largest absolute Gasteiger partial charge is 0.497 e. The molecule has 0 saturated heterocycles. The minimum absolute atomic E-state index is 0.201. The van der Waals surface area contributed by atoms with Crippen LogP contribution >= 0.6 is 11.8 Å². The third-order valence-electron chi connectivity index (χ3n) is 4.98. The van der Waals surface area contributed by atoms with E-state index < -0.39 is 0 Å². The maximum Gasteiger partial charge on any atom is 0.271 e. The highest BCUT2D eigenvalue weighted by Gasteiger charge is 2.09. The summed E-state index contributed by atoms with van der Waals surface area (Å²) in [5.41, 5.74) is 2.98. The smallest absolute Gasteiger partial charge is 0.271 e. The van der Waals surface area contributed by atoms with Crippen molar-refractivity contribution < 1.29 is 9.53 Å². The fraction of sp³-hybridized carbons (Fsp3) is 0.115. The monoisotopic (exact) mass is 457 g/mol. The molecule has 6 nitrogen and oxygen atoms in total. The third-order valence-corrected chi connectivity index (χ3v) is 5.92. The summed E-state index contributed by atoms with van der Waals surface area (Å²) in [6.45, 7) is 2.42. The lowest BCUT2D eigenvalue weighted by Crippen LogP contribution is -2.23. The minimum atomic E-state index is -0.238. The lowest BCUT2D eigenvalue weighted by atomic mass is 10.1. The highest BCUT2D eigenvalue weighted by Crippen LogP contribution is 2.25. The van der Waals surface area contributed by atoms with Crippen LogP contribution in [0.25, 0.3) is 5.69 Å². The highest BCUT2D eigenvalue weighted by atomic mass is 32.2. The van der Waals surface area contributed by atoms with Gasteiger partial charge in [0.05, 0.1) is 12.8 Å². The Labute approximate surface area is 196 Å². The molecule has 0 unspecified atom stereocenters. The second-order valence-electron chi connectivity index (χ2n) is 7.42. The van der Waals surface area contributed by atoms with Gasteiger partial charge in [0.25, 0.3) is 11.5 Å². The fourth-order valence-corrected chi connectivity index (χ4v) is 3.95. The summed E-state index contributed by atoms with van der Waals surface area (Å²) in [4.78, 5) is 26.0. The Morgan fingerprint density at radius 3 is 2.48 bits per heavy atom. The maximum atomic E-state index is 12.5. The molecule has 0 aliphatic carbocycles. The normalized spacial score (nSPS) is 10.6. The van der Waals surface area contributed by atoms with Gasteiger partial charge >= 0.3 is 0 Å². The lowest BCUT2D eigenvalue weighted by Gasteiger charge is -2.09. The van der Waals surface area contributed by atoms with E-state index in [0.717, 1.165) is 16.2 Å². The average molecular weight is 458 g/mol. The first kappa shape index (κ1) is 22.4. The van der Waals surface area contributed by atoms with E-state index in [2.05, 4.69) is 10.4 Å². The van der Waals surface area contributed by atoms with Gasteiger partial charge in [-0.3, -0.25) is 9.59 Å². The molecule has 0 atom stereocenters. The summed E-state index contributed by atoms with van der Waals surface area (Å²) in [5.74, 6) is 0.542. The fourth-order valence-electron chi connectivity index (χ4n) is 3.18. The summed E-state index contributed by atoms with van der Waals surface area (Å²) in [6.07, 6.45) is 0. The summed E-state index contributed by atoms with van der Waals surface area (Å²) >= 11 is 1.49. The topological polar surface area (TPSA) is 73.2 Å². The van der Waals surface area contributed by atoms with E-state index in [1.807, 2.05) is 55.5 Å². The molecule has 1 N–H and O–H groups in total. The van der Waals surface area contributed by atoms with Gasteiger partial charge in [-0.05, 0) is 67.1 Å². The van der Waals surface area contributed by atoms with Gasteiger partial charge in [-0.15, -0.1) is 0 Å². The van der Waals surface area contributed by atoms with Crippen molar-refractivity contribution in [3.05, 3.63) is 112 Å². The van der Waals surface area contributed by atoms with Crippen molar-refractivity contribution in [2.75, 3.05) is 7.11 Å². The number of nitrogens with zero attached hydrogens (tertiary/aromatic N) is 2. The van der Waals surface area contributed by atoms with Crippen LogP contribution in [0.15, 0.2) is 99.6 Å². The number of ether oxygens (including phenoxy) is 1. The molecule has 0 aliphatic rings. The summed E-state index contributed by atoms with van der Waals surface area (Å²) in [7, 11) is 1.61. The zero-order chi connectivity index (χ0) is 23.2. The number of benzene rings is 3. The maximum absolute atomic E-state index is 12.5. The second-order valence-corrected chi connectivity index (χ2v) is 8.51. The van der Waals surface area contributed by atoms with Crippen LogP contribution < -0.4 is 15.6 Å². The van der Waals surface area contributed by atoms with Gasteiger partial charge in [-0.1, -0.05) is 41.6 Å². The predicted molar refractivity (Wildman–Crippen MR) is 129 cm³/mol. The molecule has 1 amide bonds. The highest BCUT2D eigenvalue weighted by molar-refractivity contribution is 7.99. The van der Waals surface area contributed by atoms with Crippen LogP contribution in [0.1, 0.15) is 21.5 Å². The molecule has 0 radical (unpaired) electrons. The van der Waals surface area contributed by atoms with Crippen LogP contribution in [0.5, 0.6) is 5.75 Å². The van der Waals surface area contributed by atoms with Gasteiger partial charge in [0.1, 0.15) is 10.8 Å². The van der Waals surface area contributed by atoms with E-state index >= 15 is 0 Å². The summed E-state index contributed by atoms with van der Waals surface area (Å²) in [6, 6.07) is 25.7. The van der Waals surface area contributed by atoms with Crippen LogP contribution in [0.3, 0.4) is 0 Å². The van der Waals surface area contributed by atoms with Gasteiger partial charge < -0.3 is 10.1 Å². The zero-order valence-electron chi connectivity index (χ0n) is 18.3. The number of aryl methyl sites for hydroxylation is 1. The van der Waals surface area contributed by atoms with Crippen molar-refractivity contribution in [3.63, 3.8) is 0 Å². The molecule has 4 rings (SSSR count). The molecule has 4 aromatic rings. The number of carbonyl (C=O) groups excluding carboxylic acids is 1. The van der Waals surface area contributed by atoms with Gasteiger partial charge in [0.2, 0.25) is 0 Å². The molecule has 0 fully saturated rings. The molecular formula is C26H23N3O3S. The van der Waals surface area contributed by atoms with Gasteiger partial charge in [-0.25, -0.2) is 0 Å². The van der Waals surface area contributed by atoms with Crippen molar-refractivity contribution in [1.29, 1.82) is 0 Å². The molecule has 166 valence electrons. The lowest BCUT2D eigenvalue weighted by molar-refractivity contribution is 0.0951. The van der Waals surface area contributed by atoms with Crippen LogP contribution in [0, 0.1) is 6.92 Å². The SMILES string of the molecule is COc1cccc(CNC(=O)c2ccc(-n3nc(Sc4ccc(C)cc4)ccc3=O)cc2)c1. The first-order valence-corrected chi connectivity index (χ1v) is 11.2. The first-order valence-electron chi connectivity index (χ1n) is 10.4. The van der Waals surface area contributed by atoms with E-state index in [1.54, 1.807) is 37.4 Å². The molecule has 33 heavy (non-hydrogen) atoms. The molecular weight excluding hydrogens is 434 g/mol. The number of carbonyl (C=O) groups is 1. The molecule has 1 heterocycles. The standard InChI is InChI=1S/C26H23N3O3S/c1-18-6-12-23(13-7-18)33-24-14-15-25(30)29(28-24)21-10-8-20(9-11-21)26(31)27-17-19-4-3-5-22(16-19)32-2/h3-16H,17H2,1-2H3,(H,27,31). The second kappa shape index (κ2) is 10.2. The number of aromatic nitrogens is 2. The molecule has 0 saturated carbocycles. The number of hydrogen-bond donors (Lipinski definition) is 1. The number of nitrogens with one attached hydrogen (secondary N) is 1. The molecule has 0 bridgehead atoms. The van der Waals surface area contributed by atoms with Crippen LogP contribution in [-0.2, 0) is 6.54 Å². The van der Waals surface area contributed by atoms with Crippen molar-refractivity contribution in [1.82, 2.24) is 15.1 Å². The van der Waals surface area contributed by atoms with E-state index in [-0.39, 0.29) is 11.5 Å². The van der Waals surface area contributed by atoms with E-state index in [4.69, 9.17) is 4.74 Å². The van der Waals surface area contributed by atoms with E-state index in [1.165, 1.54) is 28.1 Å². The molecule has 0 spiro atoms. The van der Waals surface area contributed by atoms with Crippen molar-refractivity contribution >= 4 is 17.7 Å². The number of hydrogen-bond acceptors (Lipinski definition) is 5. The van der Waals surface area contributed by atoms with Gasteiger partial charge in [0, 0.05) is 23.1 Å². The Kier molecular flexibility index (Phi) is 6.90. The van der Waals surface area contributed by atoms with Gasteiger partial charge in [-0.2, -0.15) is 9.78 Å². The van der Waals surface area contributed by atoms with E-state index in [0.29, 0.717) is 22.8 Å². The Balaban J connectivity index is 1.46. The van der Waals surface area contributed by atoms with Crippen molar-refractivity contribution in [2.24, 2.45) is 0 Å². The van der Waals surface area contributed by atoms with Crippen LogP contribution in [0.4, 0.5) is 0 Å². The Bertz CT molecular complexity index is 1320. The first-order chi connectivity index (χ1) is 16.0. The number of amides is 1. The third kappa shape index (κ3) is 5.70. The Morgan fingerprint density at radius 2 is 1.76 bits per heavy atom. The van der Waals surface area contributed by atoms with Gasteiger partial charge in [0.15, 0.2) is 0 Å². The molecule has 0 aliphatic heterocycles. The summed E-state index contributed by atoms with van der Waals surface area (Å²) < 4.78 is 6.55. The quantitative estimate of drug-likeness (QED) is 0.438. The zero-order valence-corrected chi connectivity index (χ0v) is 19.1. The average Bonchev–Trinajstić information content (AvgIpc) is 2.85. The molecule has 7 heteroatoms. The van der Waals surface area contributed by atoms with E-state index in [9.17, 15) is 9.59 Å². The van der Waals surface area contributed by atoms with Crippen molar-refractivity contribution in [2.45, 2.75) is 23.4 Å². The molecule has 3 aromatic carbocycles. The van der Waals surface area contributed by atoms with Crippen LogP contribution in [-0.4, -0.2) is 22.8 Å². The predicted octanol–water partition coefficient (Wildman–Crippen LogP) is 4.63. The molecule has 1 aromatic heterocycles. The Hall–Kier alpha value is -3.84. The Morgan fingerprint density at radius 1 is 1.00 bits per heavy atom. The number of rotatable bonds is 7. The summed E-state index contributed by atoms with van der Waals surface area (Å²) in [5, 5.41) is 8.08.